The number of para-hydroxylation sites is 1. The Morgan fingerprint density at radius 1 is 1.26 bits per heavy atom. The zero-order chi connectivity index (χ0) is 20.0. The summed E-state index contributed by atoms with van der Waals surface area (Å²) in [6, 6.07) is 11.2. The van der Waals surface area contributed by atoms with Gasteiger partial charge in [0.2, 0.25) is 0 Å². The molecule has 2 aromatic rings. The van der Waals surface area contributed by atoms with Gasteiger partial charge in [-0.1, -0.05) is 29.8 Å². The maximum Gasteiger partial charge on any atom is 0.317 e. The quantitative estimate of drug-likeness (QED) is 0.319. The summed E-state index contributed by atoms with van der Waals surface area (Å²) in [4.78, 5) is 35.0. The molecule has 0 saturated carbocycles. The molecule has 1 N–H and O–H groups in total. The molecule has 0 unspecified atom stereocenters. The van der Waals surface area contributed by atoms with E-state index in [-0.39, 0.29) is 11.4 Å². The summed E-state index contributed by atoms with van der Waals surface area (Å²) in [5, 5.41) is 14.1. The zero-order valence-corrected chi connectivity index (χ0v) is 16.2. The van der Waals surface area contributed by atoms with E-state index in [1.807, 2.05) is 0 Å². The number of carbonyl (C=O) groups is 2. The van der Waals surface area contributed by atoms with Crippen molar-refractivity contribution in [1.29, 1.82) is 0 Å². The first kappa shape index (κ1) is 20.7. The van der Waals surface area contributed by atoms with Gasteiger partial charge >= 0.3 is 5.97 Å². The summed E-state index contributed by atoms with van der Waals surface area (Å²) < 4.78 is 5.10. The molecule has 0 fully saturated rings. The van der Waals surface area contributed by atoms with E-state index in [9.17, 15) is 19.7 Å². The van der Waals surface area contributed by atoms with Crippen molar-refractivity contribution in [2.45, 2.75) is 24.8 Å². The number of benzene rings is 2. The van der Waals surface area contributed by atoms with Crippen molar-refractivity contribution in [3.05, 3.63) is 63.2 Å². The van der Waals surface area contributed by atoms with Gasteiger partial charge in [0.05, 0.1) is 15.6 Å². The summed E-state index contributed by atoms with van der Waals surface area (Å²) >= 11 is 6.99. The Labute approximate surface area is 165 Å². The number of amides is 1. The summed E-state index contributed by atoms with van der Waals surface area (Å²) in [7, 11) is 0. The van der Waals surface area contributed by atoms with Gasteiger partial charge in [-0.2, -0.15) is 0 Å². The molecule has 2 aromatic carbocycles. The summed E-state index contributed by atoms with van der Waals surface area (Å²) in [5.74, 6) is -1.30. The number of nitrogens with one attached hydrogen (secondary N) is 1. The van der Waals surface area contributed by atoms with Crippen LogP contribution >= 0.6 is 23.4 Å². The molecule has 0 heterocycles. The summed E-state index contributed by atoms with van der Waals surface area (Å²) in [6.07, 6.45) is -1.03. The summed E-state index contributed by atoms with van der Waals surface area (Å²) in [6.45, 7) is 3.21. The molecular formula is C18H17ClN2O5S. The monoisotopic (exact) mass is 408 g/mol. The standard InChI is InChI=1S/C18H17ClN2O5S/c1-11-13(19)6-5-7-14(11)20-18(23)12(2)26-17(22)10-27-16-9-4-3-8-15(16)21(24)25/h3-9,12H,10H2,1-2H3,(H,20,23)/t12-/m1/s1. The van der Waals surface area contributed by atoms with Gasteiger partial charge in [0, 0.05) is 16.8 Å². The minimum absolute atomic E-state index is 0.0856. The number of ether oxygens (including phenoxy) is 1. The molecule has 2 rings (SSSR count). The lowest BCUT2D eigenvalue weighted by atomic mass is 10.2. The van der Waals surface area contributed by atoms with Gasteiger partial charge in [0.25, 0.3) is 11.6 Å². The number of nitro benzene ring substituents is 1. The highest BCUT2D eigenvalue weighted by Crippen LogP contribution is 2.28. The van der Waals surface area contributed by atoms with Crippen LogP contribution in [0.1, 0.15) is 12.5 Å². The largest absolute Gasteiger partial charge is 0.452 e. The zero-order valence-electron chi connectivity index (χ0n) is 14.6. The van der Waals surface area contributed by atoms with Gasteiger partial charge < -0.3 is 10.1 Å². The molecule has 0 aliphatic carbocycles. The maximum atomic E-state index is 12.2. The lowest BCUT2D eigenvalue weighted by Crippen LogP contribution is -2.30. The molecule has 0 saturated heterocycles. The summed E-state index contributed by atoms with van der Waals surface area (Å²) in [5.41, 5.74) is 1.15. The lowest BCUT2D eigenvalue weighted by Gasteiger charge is -2.15. The Morgan fingerprint density at radius 3 is 2.67 bits per heavy atom. The Hall–Kier alpha value is -2.58. The highest BCUT2D eigenvalue weighted by molar-refractivity contribution is 8.00. The fourth-order valence-electron chi connectivity index (χ4n) is 2.13. The normalized spacial score (nSPS) is 11.5. The van der Waals surface area contributed by atoms with Crippen molar-refractivity contribution in [3.63, 3.8) is 0 Å². The number of nitrogens with zero attached hydrogens (tertiary/aromatic N) is 1. The van der Waals surface area contributed by atoms with E-state index >= 15 is 0 Å². The van der Waals surface area contributed by atoms with E-state index in [0.717, 1.165) is 11.8 Å². The number of rotatable bonds is 7. The van der Waals surface area contributed by atoms with Crippen molar-refractivity contribution in [1.82, 2.24) is 0 Å². The molecule has 27 heavy (non-hydrogen) atoms. The fourth-order valence-corrected chi connectivity index (χ4v) is 3.11. The van der Waals surface area contributed by atoms with Crippen LogP contribution in [0.2, 0.25) is 5.02 Å². The third kappa shape index (κ3) is 5.70. The number of esters is 1. The predicted octanol–water partition coefficient (Wildman–Crippen LogP) is 4.22. The Morgan fingerprint density at radius 2 is 1.96 bits per heavy atom. The molecule has 142 valence electrons. The highest BCUT2D eigenvalue weighted by atomic mass is 35.5. The molecule has 9 heteroatoms. The van der Waals surface area contributed by atoms with Crippen molar-refractivity contribution in [2.75, 3.05) is 11.1 Å². The van der Waals surface area contributed by atoms with Crippen molar-refractivity contribution in [2.24, 2.45) is 0 Å². The van der Waals surface area contributed by atoms with Gasteiger partial charge in [0.15, 0.2) is 6.10 Å². The van der Waals surface area contributed by atoms with Crippen LogP contribution in [-0.4, -0.2) is 28.7 Å². The second kappa shape index (κ2) is 9.38. The highest BCUT2D eigenvalue weighted by Gasteiger charge is 2.20. The smallest absolute Gasteiger partial charge is 0.317 e. The molecule has 1 amide bonds. The SMILES string of the molecule is Cc1c(Cl)cccc1NC(=O)[C@@H](C)OC(=O)CSc1ccccc1[N+](=O)[O-]. The molecule has 7 nitrogen and oxygen atoms in total. The van der Waals surface area contributed by atoms with Gasteiger partial charge in [-0.25, -0.2) is 0 Å². The molecule has 0 aliphatic heterocycles. The van der Waals surface area contributed by atoms with Crippen LogP contribution < -0.4 is 5.32 Å². The number of carbonyl (C=O) groups excluding carboxylic acids is 2. The van der Waals surface area contributed by atoms with E-state index in [2.05, 4.69) is 5.32 Å². The number of halogens is 1. The second-order valence-electron chi connectivity index (χ2n) is 5.55. The molecular weight excluding hydrogens is 392 g/mol. The van der Waals surface area contributed by atoms with E-state index in [0.29, 0.717) is 21.2 Å². The molecule has 0 spiro atoms. The van der Waals surface area contributed by atoms with Crippen LogP contribution in [-0.2, 0) is 14.3 Å². The topological polar surface area (TPSA) is 98.5 Å². The van der Waals surface area contributed by atoms with Gasteiger partial charge in [-0.05, 0) is 37.6 Å². The Balaban J connectivity index is 1.91. The lowest BCUT2D eigenvalue weighted by molar-refractivity contribution is -0.387. The molecule has 1 atom stereocenters. The molecule has 0 aromatic heterocycles. The van der Waals surface area contributed by atoms with E-state index in [1.165, 1.54) is 13.0 Å². The van der Waals surface area contributed by atoms with Crippen LogP contribution in [0.25, 0.3) is 0 Å². The average Bonchev–Trinajstić information content (AvgIpc) is 2.63. The maximum absolute atomic E-state index is 12.2. The Kier molecular flexibility index (Phi) is 7.20. The van der Waals surface area contributed by atoms with Crippen molar-refractivity contribution in [3.8, 4) is 0 Å². The predicted molar refractivity (Wildman–Crippen MR) is 104 cm³/mol. The number of hydrogen-bond donors (Lipinski definition) is 1. The number of thioether (sulfide) groups is 1. The average molecular weight is 409 g/mol. The number of anilines is 1. The van der Waals surface area contributed by atoms with Crippen LogP contribution in [0.4, 0.5) is 11.4 Å². The number of nitro groups is 1. The number of hydrogen-bond acceptors (Lipinski definition) is 6. The van der Waals surface area contributed by atoms with Crippen molar-refractivity contribution < 1.29 is 19.2 Å². The van der Waals surface area contributed by atoms with Crippen molar-refractivity contribution >= 4 is 46.6 Å². The van der Waals surface area contributed by atoms with Crippen LogP contribution in [0.5, 0.6) is 0 Å². The third-order valence-corrected chi connectivity index (χ3v) is 5.06. The molecule has 0 aliphatic rings. The van der Waals surface area contributed by atoms with Gasteiger partial charge in [-0.15, -0.1) is 11.8 Å². The van der Waals surface area contributed by atoms with Gasteiger partial charge in [-0.3, -0.25) is 19.7 Å². The third-order valence-electron chi connectivity index (χ3n) is 3.61. The first-order chi connectivity index (χ1) is 12.8. The van der Waals surface area contributed by atoms with E-state index < -0.39 is 22.9 Å². The van der Waals surface area contributed by atoms with Crippen LogP contribution in [0, 0.1) is 17.0 Å². The molecule has 0 bridgehead atoms. The van der Waals surface area contributed by atoms with E-state index in [4.69, 9.17) is 16.3 Å². The minimum Gasteiger partial charge on any atom is -0.452 e. The second-order valence-corrected chi connectivity index (χ2v) is 6.97. The first-order valence-electron chi connectivity index (χ1n) is 7.91. The molecule has 0 radical (unpaired) electrons. The van der Waals surface area contributed by atoms with Crippen LogP contribution in [0.3, 0.4) is 0 Å². The Bertz CT molecular complexity index is 875. The van der Waals surface area contributed by atoms with E-state index in [1.54, 1.807) is 43.3 Å². The fraction of sp³-hybridized carbons (Fsp3) is 0.222. The first-order valence-corrected chi connectivity index (χ1v) is 9.27. The van der Waals surface area contributed by atoms with Crippen LogP contribution in [0.15, 0.2) is 47.4 Å². The minimum atomic E-state index is -1.03. The van der Waals surface area contributed by atoms with Gasteiger partial charge in [0.1, 0.15) is 0 Å².